The van der Waals surface area contributed by atoms with Gasteiger partial charge in [0.25, 0.3) is 0 Å². The Labute approximate surface area is 266 Å². The summed E-state index contributed by atoms with van der Waals surface area (Å²) >= 11 is 1.45. The van der Waals surface area contributed by atoms with Gasteiger partial charge in [0.05, 0.1) is 18.4 Å². The van der Waals surface area contributed by atoms with Gasteiger partial charge in [-0.25, -0.2) is 13.6 Å². The van der Waals surface area contributed by atoms with E-state index in [2.05, 4.69) is 45.7 Å². The Hall–Kier alpha value is -3.11. The maximum absolute atomic E-state index is 15.0. The van der Waals surface area contributed by atoms with Gasteiger partial charge in [0.1, 0.15) is 11.6 Å². The minimum Gasteiger partial charge on any atom is -0.450 e. The van der Waals surface area contributed by atoms with Gasteiger partial charge in [-0.15, -0.1) is 0 Å². The molecule has 3 aromatic rings. The highest BCUT2D eigenvalue weighted by atomic mass is 32.2. The summed E-state index contributed by atoms with van der Waals surface area (Å²) in [5.41, 5.74) is 2.17. The van der Waals surface area contributed by atoms with E-state index in [0.29, 0.717) is 44.0 Å². The van der Waals surface area contributed by atoms with Crippen LogP contribution in [0.2, 0.25) is 25.7 Å². The minimum absolute atomic E-state index is 0.0268. The molecule has 1 atom stereocenters. The van der Waals surface area contributed by atoms with Crippen molar-refractivity contribution in [1.82, 2.24) is 14.8 Å². The van der Waals surface area contributed by atoms with Gasteiger partial charge in [-0.2, -0.15) is 11.8 Å². The van der Waals surface area contributed by atoms with Crippen molar-refractivity contribution in [1.29, 1.82) is 0 Å². The van der Waals surface area contributed by atoms with Crippen molar-refractivity contribution in [3.05, 3.63) is 83.7 Å². The van der Waals surface area contributed by atoms with Crippen LogP contribution < -0.4 is 5.32 Å². The number of thioether (sulfide) groups is 1. The second-order valence-electron chi connectivity index (χ2n) is 13.4. The lowest BCUT2D eigenvalue weighted by Crippen LogP contribution is -2.44. The number of alkyl carbamates (subject to hydrolysis) is 1. The van der Waals surface area contributed by atoms with Crippen LogP contribution in [-0.4, -0.2) is 61.2 Å². The summed E-state index contributed by atoms with van der Waals surface area (Å²) < 4.78 is 36.6. The molecular weight excluding hydrogens is 597 g/mol. The molecule has 44 heavy (non-hydrogen) atoms. The van der Waals surface area contributed by atoms with E-state index in [1.54, 1.807) is 0 Å². The molecule has 1 aromatic heterocycles. The number of amides is 2. The standard InChI is InChI=1S/C34H47F2N3O3SSi/c1-34(2,3)32(39(31(40)24-43-4)17-11-16-37-33(41)42-18-19-44(5,6)7)30-20-26(28-21-27(35)14-15-29(28)36)23-38(30)22-25-12-9-8-10-13-25/h8-10,12-15,20-21,23,32H,11,16-19,22,24H2,1-7H3,(H,37,41)/t32-/m0/s1. The molecule has 0 fully saturated rings. The Kier molecular flexibility index (Phi) is 12.7. The molecule has 0 bridgehead atoms. The van der Waals surface area contributed by atoms with Gasteiger partial charge in [-0.3, -0.25) is 4.79 Å². The van der Waals surface area contributed by atoms with Crippen LogP contribution >= 0.6 is 11.8 Å². The molecule has 2 amide bonds. The van der Waals surface area contributed by atoms with Gasteiger partial charge >= 0.3 is 6.09 Å². The molecule has 0 aliphatic heterocycles. The van der Waals surface area contributed by atoms with Gasteiger partial charge in [-0.05, 0) is 54.0 Å². The van der Waals surface area contributed by atoms with Crippen molar-refractivity contribution in [2.24, 2.45) is 5.41 Å². The molecule has 0 saturated heterocycles. The van der Waals surface area contributed by atoms with E-state index < -0.39 is 31.2 Å². The van der Waals surface area contributed by atoms with Crippen molar-refractivity contribution in [3.8, 4) is 11.1 Å². The fourth-order valence-electron chi connectivity index (χ4n) is 5.16. The first-order valence-electron chi connectivity index (χ1n) is 15.1. The lowest BCUT2D eigenvalue weighted by atomic mass is 9.83. The molecule has 10 heteroatoms. The van der Waals surface area contributed by atoms with Crippen molar-refractivity contribution in [2.45, 2.75) is 65.5 Å². The molecule has 0 unspecified atom stereocenters. The number of hydrogen-bond donors (Lipinski definition) is 1. The summed E-state index contributed by atoms with van der Waals surface area (Å²) in [7, 11) is -1.31. The average Bonchev–Trinajstić information content (AvgIpc) is 3.33. The van der Waals surface area contributed by atoms with Crippen LogP contribution in [0.15, 0.2) is 60.8 Å². The fraction of sp³-hybridized carbons (Fsp3) is 0.471. The molecule has 0 saturated carbocycles. The lowest BCUT2D eigenvalue weighted by Gasteiger charge is -2.41. The van der Waals surface area contributed by atoms with E-state index in [0.717, 1.165) is 29.4 Å². The second kappa shape index (κ2) is 15.7. The van der Waals surface area contributed by atoms with Crippen molar-refractivity contribution in [3.63, 3.8) is 0 Å². The van der Waals surface area contributed by atoms with Gasteiger partial charge < -0.3 is 19.5 Å². The third-order valence-electron chi connectivity index (χ3n) is 7.30. The van der Waals surface area contributed by atoms with E-state index in [1.165, 1.54) is 17.8 Å². The van der Waals surface area contributed by atoms with Crippen LogP contribution in [0.1, 0.15) is 44.5 Å². The Morgan fingerprint density at radius 2 is 1.77 bits per heavy atom. The fourth-order valence-corrected chi connectivity index (χ4v) is 6.28. The third kappa shape index (κ3) is 10.5. The molecule has 0 spiro atoms. The predicted molar refractivity (Wildman–Crippen MR) is 180 cm³/mol. The number of nitrogens with zero attached hydrogens (tertiary/aromatic N) is 2. The monoisotopic (exact) mass is 643 g/mol. The number of halogens is 2. The SMILES string of the molecule is CSCC(=O)N(CCCNC(=O)OCC[Si](C)(C)C)[C@@H](c1cc(-c2cc(F)ccc2F)cn1Cc1ccccc1)C(C)(C)C. The lowest BCUT2D eigenvalue weighted by molar-refractivity contribution is -0.133. The van der Waals surface area contributed by atoms with Crippen molar-refractivity contribution < 1.29 is 23.1 Å². The van der Waals surface area contributed by atoms with Crippen LogP contribution in [0.4, 0.5) is 13.6 Å². The molecular formula is C34H47F2N3O3SSi. The van der Waals surface area contributed by atoms with Crippen LogP contribution in [0.25, 0.3) is 11.1 Å². The number of carbonyl (C=O) groups is 2. The molecule has 6 nitrogen and oxygen atoms in total. The zero-order valence-electron chi connectivity index (χ0n) is 27.1. The van der Waals surface area contributed by atoms with E-state index in [-0.39, 0.29) is 17.5 Å². The van der Waals surface area contributed by atoms with Crippen LogP contribution in [-0.2, 0) is 16.1 Å². The summed E-state index contributed by atoms with van der Waals surface area (Å²) in [5.74, 6) is -0.764. The molecule has 0 aliphatic rings. The smallest absolute Gasteiger partial charge is 0.407 e. The quantitative estimate of drug-likeness (QED) is 0.142. The summed E-state index contributed by atoms with van der Waals surface area (Å²) in [6.07, 6.45) is 3.81. The molecule has 3 rings (SSSR count). The van der Waals surface area contributed by atoms with Crippen LogP contribution in [0.5, 0.6) is 0 Å². The minimum atomic E-state index is -1.31. The highest BCUT2D eigenvalue weighted by Crippen LogP contribution is 2.41. The normalized spacial score (nSPS) is 12.6. The molecule has 0 radical (unpaired) electrons. The molecule has 240 valence electrons. The molecule has 1 heterocycles. The first-order valence-corrected chi connectivity index (χ1v) is 20.2. The Bertz CT molecular complexity index is 1390. The van der Waals surface area contributed by atoms with Gasteiger partial charge in [0.15, 0.2) is 0 Å². The number of nitrogens with one attached hydrogen (secondary N) is 1. The zero-order valence-corrected chi connectivity index (χ0v) is 28.9. The predicted octanol–water partition coefficient (Wildman–Crippen LogP) is 8.21. The largest absolute Gasteiger partial charge is 0.450 e. The Morgan fingerprint density at radius 1 is 1.07 bits per heavy atom. The van der Waals surface area contributed by atoms with E-state index >= 15 is 0 Å². The second-order valence-corrected chi connectivity index (χ2v) is 19.9. The summed E-state index contributed by atoms with van der Waals surface area (Å²) in [5, 5.41) is 2.82. The summed E-state index contributed by atoms with van der Waals surface area (Å²) in [6.45, 7) is 14.6. The van der Waals surface area contributed by atoms with E-state index in [4.69, 9.17) is 4.74 Å². The van der Waals surface area contributed by atoms with E-state index in [9.17, 15) is 18.4 Å². The maximum Gasteiger partial charge on any atom is 0.407 e. The Morgan fingerprint density at radius 3 is 2.41 bits per heavy atom. The maximum atomic E-state index is 15.0. The topological polar surface area (TPSA) is 63.6 Å². The molecule has 0 aliphatic carbocycles. The number of rotatable bonds is 14. The third-order valence-corrected chi connectivity index (χ3v) is 9.54. The highest BCUT2D eigenvalue weighted by molar-refractivity contribution is 7.99. The molecule has 1 N–H and O–H groups in total. The van der Waals surface area contributed by atoms with Crippen LogP contribution in [0, 0.1) is 17.0 Å². The van der Waals surface area contributed by atoms with Gasteiger partial charge in [0, 0.05) is 50.7 Å². The van der Waals surface area contributed by atoms with Crippen LogP contribution in [0.3, 0.4) is 0 Å². The number of aromatic nitrogens is 1. The van der Waals surface area contributed by atoms with Gasteiger partial charge in [-0.1, -0.05) is 70.7 Å². The first-order chi connectivity index (χ1) is 20.7. The first kappa shape index (κ1) is 35.4. The number of benzene rings is 2. The van der Waals surface area contributed by atoms with Gasteiger partial charge in [0.2, 0.25) is 5.91 Å². The zero-order chi connectivity index (χ0) is 32.5. The number of hydrogen-bond acceptors (Lipinski definition) is 4. The van der Waals surface area contributed by atoms with Crippen molar-refractivity contribution in [2.75, 3.05) is 31.7 Å². The highest BCUT2D eigenvalue weighted by Gasteiger charge is 2.37. The summed E-state index contributed by atoms with van der Waals surface area (Å²) in [4.78, 5) is 27.8. The van der Waals surface area contributed by atoms with Crippen molar-refractivity contribution >= 4 is 31.8 Å². The summed E-state index contributed by atoms with van der Waals surface area (Å²) in [6, 6.07) is 15.7. The Balaban J connectivity index is 1.95. The number of carbonyl (C=O) groups excluding carboxylic acids is 2. The average molecular weight is 644 g/mol. The van der Waals surface area contributed by atoms with E-state index in [1.807, 2.05) is 58.3 Å². The number of ether oxygens (including phenoxy) is 1. The molecule has 2 aromatic carbocycles.